The Morgan fingerprint density at radius 2 is 1.49 bits per heavy atom. The molecular formula is C32H62O5Si2. The van der Waals surface area contributed by atoms with Gasteiger partial charge >= 0.3 is 5.97 Å². The molecular weight excluding hydrogens is 521 g/mol. The van der Waals surface area contributed by atoms with E-state index in [2.05, 4.69) is 92.9 Å². The summed E-state index contributed by atoms with van der Waals surface area (Å²) < 4.78 is 14.1. The van der Waals surface area contributed by atoms with Crippen LogP contribution < -0.4 is 0 Å². The van der Waals surface area contributed by atoms with Gasteiger partial charge in [0.2, 0.25) is 0 Å². The maximum atomic E-state index is 11.4. The van der Waals surface area contributed by atoms with Crippen LogP contribution in [0.4, 0.5) is 0 Å². The van der Waals surface area contributed by atoms with Gasteiger partial charge in [0, 0.05) is 12.3 Å². The summed E-state index contributed by atoms with van der Waals surface area (Å²) >= 11 is 0. The minimum atomic E-state index is -2.05. The summed E-state index contributed by atoms with van der Waals surface area (Å²) in [5, 5.41) is 20.3. The molecule has 228 valence electrons. The van der Waals surface area contributed by atoms with E-state index in [0.717, 1.165) is 19.3 Å². The zero-order valence-electron chi connectivity index (χ0n) is 27.2. The molecule has 1 aliphatic rings. The average molecular weight is 583 g/mol. The van der Waals surface area contributed by atoms with Crippen LogP contribution in [0.2, 0.25) is 36.3 Å². The van der Waals surface area contributed by atoms with E-state index < -0.39 is 28.7 Å². The molecule has 5 atom stereocenters. The summed E-state index contributed by atoms with van der Waals surface area (Å²) in [7, 11) is -4.10. The van der Waals surface area contributed by atoms with Crippen LogP contribution in [-0.4, -0.2) is 51.1 Å². The summed E-state index contributed by atoms with van der Waals surface area (Å²) in [5.74, 6) is -0.496. The number of hydrogen-bond donors (Lipinski definition) is 2. The topological polar surface area (TPSA) is 76.0 Å². The Labute approximate surface area is 243 Å². The van der Waals surface area contributed by atoms with Crippen molar-refractivity contribution < 1.29 is 23.9 Å². The second-order valence-corrected chi connectivity index (χ2v) is 24.3. The molecule has 5 nitrogen and oxygen atoms in total. The van der Waals surface area contributed by atoms with Gasteiger partial charge < -0.3 is 19.1 Å². The van der Waals surface area contributed by atoms with Gasteiger partial charge in [-0.05, 0) is 80.7 Å². The van der Waals surface area contributed by atoms with Crippen LogP contribution in [0.3, 0.4) is 0 Å². The molecule has 7 heteroatoms. The number of allylic oxidation sites excluding steroid dienone is 1. The fourth-order valence-corrected chi connectivity index (χ4v) is 7.54. The third-order valence-electron chi connectivity index (χ3n) is 9.37. The van der Waals surface area contributed by atoms with Gasteiger partial charge in [0.25, 0.3) is 0 Å². The highest BCUT2D eigenvalue weighted by molar-refractivity contribution is 6.74. The molecule has 1 aliphatic carbocycles. The zero-order valence-corrected chi connectivity index (χ0v) is 29.2. The normalized spacial score (nSPS) is 24.2. The Kier molecular flexibility index (Phi) is 14.4. The first-order valence-electron chi connectivity index (χ1n) is 15.4. The first-order valence-corrected chi connectivity index (χ1v) is 21.2. The summed E-state index contributed by atoms with van der Waals surface area (Å²) in [4.78, 5) is 11.4. The lowest BCUT2D eigenvalue weighted by atomic mass is 9.88. The predicted molar refractivity (Wildman–Crippen MR) is 170 cm³/mol. The highest BCUT2D eigenvalue weighted by atomic mass is 28.4. The molecule has 0 bridgehead atoms. The van der Waals surface area contributed by atoms with Crippen LogP contribution >= 0.6 is 0 Å². The van der Waals surface area contributed by atoms with Gasteiger partial charge in [0.1, 0.15) is 0 Å². The van der Waals surface area contributed by atoms with Crippen LogP contribution in [0.1, 0.15) is 106 Å². The van der Waals surface area contributed by atoms with Crippen molar-refractivity contribution in [3.63, 3.8) is 0 Å². The molecule has 0 amide bonds. The first kappa shape index (κ1) is 36.3. The van der Waals surface area contributed by atoms with Crippen molar-refractivity contribution in [3.8, 4) is 0 Å². The third-order valence-corrected chi connectivity index (χ3v) is 18.4. The number of aliphatic carboxylic acids is 1. The third kappa shape index (κ3) is 12.0. The number of carbonyl (C=O) groups is 1. The molecule has 1 fully saturated rings. The number of carboxylic acid groups (broad SMARTS) is 1. The van der Waals surface area contributed by atoms with Gasteiger partial charge in [0.05, 0.1) is 18.3 Å². The summed E-state index contributed by atoms with van der Waals surface area (Å²) in [6.45, 7) is 25.0. The van der Waals surface area contributed by atoms with Crippen molar-refractivity contribution in [2.24, 2.45) is 11.8 Å². The first-order chi connectivity index (χ1) is 17.8. The minimum Gasteiger partial charge on any atom is -0.481 e. The van der Waals surface area contributed by atoms with E-state index >= 15 is 0 Å². The lowest BCUT2D eigenvalue weighted by Crippen LogP contribution is -2.45. The standard InChI is InChI=1S/C32H62O5Si2/c1-12-13-14-15-16-17-19-25(33)22-23-27-26(20-18-21-30(34)35)28(36-38(8,9)31(2,3)4)24-29(27)37-39(10,11)32(5,6)7/h16-17,22-23,25-29,33H,12-15,18-21,24H2,1-11H3,(H,34,35)/b17-16-,23-22+/t25-,26-,27+,28-,29+/m0/s1. The number of aliphatic hydroxyl groups is 1. The molecule has 0 unspecified atom stereocenters. The SMILES string of the molecule is CCCCC/C=C\C[C@H](O)/C=C/[C@@H]1[C@H](CCCC(=O)O)[C@@H](O[Si](C)(C)C(C)(C)C)C[C@H]1O[Si](C)(C)C(C)(C)C. The van der Waals surface area contributed by atoms with E-state index in [9.17, 15) is 15.0 Å². The quantitative estimate of drug-likeness (QED) is 0.108. The number of rotatable bonds is 16. The van der Waals surface area contributed by atoms with Crippen LogP contribution in [0.25, 0.3) is 0 Å². The van der Waals surface area contributed by atoms with Gasteiger partial charge in [-0.1, -0.05) is 85.6 Å². The molecule has 0 spiro atoms. The Morgan fingerprint density at radius 3 is 2.00 bits per heavy atom. The Morgan fingerprint density at radius 1 is 0.923 bits per heavy atom. The Balaban J connectivity index is 3.26. The highest BCUT2D eigenvalue weighted by Crippen LogP contribution is 2.48. The van der Waals surface area contributed by atoms with E-state index in [-0.39, 0.29) is 40.5 Å². The van der Waals surface area contributed by atoms with E-state index in [0.29, 0.717) is 12.8 Å². The van der Waals surface area contributed by atoms with Crippen molar-refractivity contribution in [2.45, 2.75) is 161 Å². The van der Waals surface area contributed by atoms with Gasteiger partial charge in [-0.3, -0.25) is 4.79 Å². The van der Waals surface area contributed by atoms with Crippen molar-refractivity contribution in [3.05, 3.63) is 24.3 Å². The van der Waals surface area contributed by atoms with Crippen LogP contribution in [0, 0.1) is 11.8 Å². The van der Waals surface area contributed by atoms with E-state index in [4.69, 9.17) is 8.85 Å². The molecule has 0 aromatic heterocycles. The van der Waals surface area contributed by atoms with E-state index in [1.165, 1.54) is 19.3 Å². The van der Waals surface area contributed by atoms with Gasteiger partial charge in [-0.2, -0.15) is 0 Å². The molecule has 0 aromatic rings. The summed E-state index contributed by atoms with van der Waals surface area (Å²) in [6, 6.07) is 0. The van der Waals surface area contributed by atoms with E-state index in [1.807, 2.05) is 6.08 Å². The average Bonchev–Trinajstić information content (AvgIpc) is 3.07. The van der Waals surface area contributed by atoms with Gasteiger partial charge in [-0.25, -0.2) is 0 Å². The molecule has 0 heterocycles. The fraction of sp³-hybridized carbons (Fsp3) is 0.844. The number of carboxylic acids is 1. The predicted octanol–water partition coefficient (Wildman–Crippen LogP) is 9.10. The van der Waals surface area contributed by atoms with Gasteiger partial charge in [0.15, 0.2) is 16.6 Å². The zero-order chi connectivity index (χ0) is 30.1. The number of aliphatic hydroxyl groups excluding tert-OH is 1. The molecule has 2 N–H and O–H groups in total. The molecule has 0 saturated heterocycles. The lowest BCUT2D eigenvalue weighted by molar-refractivity contribution is -0.137. The Hall–Kier alpha value is -0.736. The monoisotopic (exact) mass is 582 g/mol. The second-order valence-electron chi connectivity index (χ2n) is 14.8. The van der Waals surface area contributed by atoms with Crippen LogP contribution in [0.5, 0.6) is 0 Å². The van der Waals surface area contributed by atoms with Crippen molar-refractivity contribution >= 4 is 22.6 Å². The van der Waals surface area contributed by atoms with Crippen LogP contribution in [0.15, 0.2) is 24.3 Å². The maximum absolute atomic E-state index is 11.4. The van der Waals surface area contributed by atoms with E-state index in [1.54, 1.807) is 0 Å². The molecule has 0 aliphatic heterocycles. The molecule has 39 heavy (non-hydrogen) atoms. The second kappa shape index (κ2) is 15.5. The molecule has 1 rings (SSSR count). The molecule has 1 saturated carbocycles. The smallest absolute Gasteiger partial charge is 0.303 e. The van der Waals surface area contributed by atoms with Crippen LogP contribution in [-0.2, 0) is 13.6 Å². The maximum Gasteiger partial charge on any atom is 0.303 e. The number of unbranched alkanes of at least 4 members (excludes halogenated alkanes) is 3. The highest BCUT2D eigenvalue weighted by Gasteiger charge is 2.50. The van der Waals surface area contributed by atoms with Gasteiger partial charge in [-0.15, -0.1) is 0 Å². The van der Waals surface area contributed by atoms with Crippen molar-refractivity contribution in [2.75, 3.05) is 0 Å². The molecule has 0 radical (unpaired) electrons. The summed E-state index contributed by atoms with van der Waals surface area (Å²) in [6.07, 6.45) is 15.6. The van der Waals surface area contributed by atoms with Crippen molar-refractivity contribution in [1.82, 2.24) is 0 Å². The summed E-state index contributed by atoms with van der Waals surface area (Å²) in [5.41, 5.74) is 0. The minimum absolute atomic E-state index is 0.00326. The molecule has 0 aromatic carbocycles. The van der Waals surface area contributed by atoms with Crippen molar-refractivity contribution in [1.29, 1.82) is 0 Å². The largest absolute Gasteiger partial charge is 0.481 e. The number of hydrogen-bond acceptors (Lipinski definition) is 4. The fourth-order valence-electron chi connectivity index (χ4n) is 4.79. The Bertz CT molecular complexity index is 791. The lowest BCUT2D eigenvalue weighted by Gasteiger charge is -2.40.